The molecule has 13 nitrogen and oxygen atoms in total. The van der Waals surface area contributed by atoms with Gasteiger partial charge in [0, 0.05) is 13.5 Å². The fourth-order valence-corrected chi connectivity index (χ4v) is 5.41. The molecule has 4 atom stereocenters. The zero-order chi connectivity index (χ0) is 36.2. The van der Waals surface area contributed by atoms with Crippen LogP contribution in [-0.4, -0.2) is 90.7 Å². The molecule has 0 aromatic carbocycles. The summed E-state index contributed by atoms with van der Waals surface area (Å²) >= 11 is 0. The van der Waals surface area contributed by atoms with Gasteiger partial charge < -0.3 is 42.5 Å². The van der Waals surface area contributed by atoms with Crippen LogP contribution in [0.2, 0.25) is 0 Å². The van der Waals surface area contributed by atoms with Crippen molar-refractivity contribution in [3.63, 3.8) is 0 Å². The summed E-state index contributed by atoms with van der Waals surface area (Å²) in [6.45, 7) is 5.07. The lowest BCUT2D eigenvalue weighted by Crippen LogP contribution is -2.59. The third kappa shape index (κ3) is 22.0. The maximum atomic E-state index is 13.4. The Balaban J connectivity index is 4.95. The molecule has 0 aliphatic rings. The second-order valence-corrected chi connectivity index (χ2v) is 13.2. The lowest BCUT2D eigenvalue weighted by molar-refractivity contribution is -0.135. The number of aliphatic hydroxyl groups is 2. The van der Waals surface area contributed by atoms with E-state index in [1.165, 1.54) is 64.8 Å². The van der Waals surface area contributed by atoms with Gasteiger partial charge >= 0.3 is 0 Å². The molecule has 0 aliphatic carbocycles. The van der Waals surface area contributed by atoms with Crippen molar-refractivity contribution in [1.29, 1.82) is 0 Å². The van der Waals surface area contributed by atoms with E-state index >= 15 is 0 Å². The quantitative estimate of drug-likeness (QED) is 0.0525. The molecule has 0 aromatic rings. The second kappa shape index (κ2) is 29.2. The Kier molecular flexibility index (Phi) is 27.5. The van der Waals surface area contributed by atoms with E-state index in [0.717, 1.165) is 19.3 Å². The third-order valence-electron chi connectivity index (χ3n) is 8.32. The van der Waals surface area contributed by atoms with Gasteiger partial charge in [-0.3, -0.25) is 24.0 Å². The van der Waals surface area contributed by atoms with Crippen molar-refractivity contribution < 1.29 is 34.2 Å². The fraction of sp³-hybridized carbons (Fsp3) is 0.857. The van der Waals surface area contributed by atoms with E-state index in [0.29, 0.717) is 25.8 Å². The Bertz CT molecular complexity index is 905. The van der Waals surface area contributed by atoms with Gasteiger partial charge in [0.15, 0.2) is 0 Å². The van der Waals surface area contributed by atoms with Gasteiger partial charge in [-0.05, 0) is 44.6 Å². The summed E-state index contributed by atoms with van der Waals surface area (Å²) in [5.74, 6) is -2.94. The monoisotopic (exact) mass is 685 g/mol. The topological polar surface area (TPSA) is 212 Å². The first-order chi connectivity index (χ1) is 23.0. The van der Waals surface area contributed by atoms with Gasteiger partial charge in [0.25, 0.3) is 0 Å². The highest BCUT2D eigenvalue weighted by Gasteiger charge is 2.31. The van der Waals surface area contributed by atoms with E-state index in [9.17, 15) is 34.2 Å². The third-order valence-corrected chi connectivity index (χ3v) is 8.32. The molecule has 0 heterocycles. The van der Waals surface area contributed by atoms with Crippen LogP contribution in [0.5, 0.6) is 0 Å². The molecular formula is C35H68N6O7. The molecule has 48 heavy (non-hydrogen) atoms. The Hall–Kier alpha value is -2.77. The Morgan fingerprint density at radius 3 is 1.48 bits per heavy atom. The van der Waals surface area contributed by atoms with Crippen molar-refractivity contribution in [2.24, 2.45) is 11.7 Å². The van der Waals surface area contributed by atoms with Crippen molar-refractivity contribution in [3.05, 3.63) is 0 Å². The maximum absolute atomic E-state index is 13.4. The van der Waals surface area contributed by atoms with Gasteiger partial charge in [-0.1, -0.05) is 97.8 Å². The smallest absolute Gasteiger partial charge is 0.245 e. The minimum Gasteiger partial charge on any atom is -0.394 e. The molecule has 0 aromatic heterocycles. The van der Waals surface area contributed by atoms with Crippen LogP contribution in [0.15, 0.2) is 0 Å². The molecule has 0 spiro atoms. The van der Waals surface area contributed by atoms with E-state index in [1.54, 1.807) is 0 Å². The van der Waals surface area contributed by atoms with Gasteiger partial charge in [-0.15, -0.1) is 0 Å². The number of nitrogens with one attached hydrogen (secondary N) is 5. The van der Waals surface area contributed by atoms with Gasteiger partial charge in [-0.25, -0.2) is 0 Å². The lowest BCUT2D eigenvalue weighted by atomic mass is 10.0. The predicted molar refractivity (Wildman–Crippen MR) is 189 cm³/mol. The van der Waals surface area contributed by atoms with Gasteiger partial charge in [0.2, 0.25) is 29.5 Å². The Labute approximate surface area is 289 Å². The molecular weight excluding hydrogens is 616 g/mol. The van der Waals surface area contributed by atoms with E-state index in [-0.39, 0.29) is 31.1 Å². The van der Waals surface area contributed by atoms with E-state index in [1.807, 2.05) is 13.8 Å². The molecule has 0 saturated carbocycles. The van der Waals surface area contributed by atoms with Gasteiger partial charge in [0.1, 0.15) is 24.2 Å². The van der Waals surface area contributed by atoms with Crippen molar-refractivity contribution in [1.82, 2.24) is 26.6 Å². The first-order valence-electron chi connectivity index (χ1n) is 18.4. The van der Waals surface area contributed by atoms with E-state index in [4.69, 9.17) is 5.73 Å². The first-order valence-corrected chi connectivity index (χ1v) is 18.4. The van der Waals surface area contributed by atoms with E-state index in [2.05, 4.69) is 33.5 Å². The van der Waals surface area contributed by atoms with Crippen LogP contribution < -0.4 is 32.3 Å². The van der Waals surface area contributed by atoms with Crippen molar-refractivity contribution in [2.45, 2.75) is 161 Å². The van der Waals surface area contributed by atoms with Crippen molar-refractivity contribution in [2.75, 3.05) is 26.8 Å². The number of unbranched alkanes of at least 4 members (excludes halogenated alkanes) is 13. The summed E-state index contributed by atoms with van der Waals surface area (Å²) in [4.78, 5) is 64.0. The lowest BCUT2D eigenvalue weighted by Gasteiger charge is -2.26. The van der Waals surface area contributed by atoms with Crippen molar-refractivity contribution >= 4 is 29.5 Å². The first kappa shape index (κ1) is 45.2. The predicted octanol–water partition coefficient (Wildman–Crippen LogP) is 2.31. The summed E-state index contributed by atoms with van der Waals surface area (Å²) < 4.78 is 0. The Morgan fingerprint density at radius 1 is 0.562 bits per heavy atom. The molecule has 0 saturated heterocycles. The number of rotatable bonds is 30. The molecule has 9 N–H and O–H groups in total. The van der Waals surface area contributed by atoms with Crippen LogP contribution in [0, 0.1) is 5.92 Å². The van der Waals surface area contributed by atoms with Crippen LogP contribution in [0.4, 0.5) is 0 Å². The average Bonchev–Trinajstić information content (AvgIpc) is 3.06. The number of nitrogens with two attached hydrogens (primary N) is 1. The number of likely N-dealkylation sites (N-methyl/N-ethyl adjacent to an activating group) is 1. The summed E-state index contributed by atoms with van der Waals surface area (Å²) in [5, 5.41) is 32.1. The number of amides is 5. The zero-order valence-corrected chi connectivity index (χ0v) is 30.2. The fourth-order valence-electron chi connectivity index (χ4n) is 5.41. The summed E-state index contributed by atoms with van der Waals surface area (Å²) in [6.07, 6.45) is 17.3. The highest BCUT2D eigenvalue weighted by atomic mass is 16.3. The number of aliphatic hydroxyl groups excluding tert-OH is 2. The second-order valence-electron chi connectivity index (χ2n) is 13.2. The Morgan fingerprint density at radius 2 is 1.00 bits per heavy atom. The maximum Gasteiger partial charge on any atom is 0.245 e. The molecule has 5 amide bonds. The van der Waals surface area contributed by atoms with Gasteiger partial charge in [-0.2, -0.15) is 0 Å². The van der Waals surface area contributed by atoms with Crippen LogP contribution in [0.25, 0.3) is 0 Å². The summed E-state index contributed by atoms with van der Waals surface area (Å²) in [7, 11) is 1.38. The standard InChI is InChI=1S/C35H68N6O7/c1-5-6-7-8-9-10-11-12-13-14-15-16-17-21-31(44)38-30(25-43)35(48)39-27(20-18-19-22-36)33(46)40-28(23-26(2)3)34(47)41-29(24-42)32(45)37-4/h26-30,42-43H,5-25,36H2,1-4H3,(H,37,45)(H,38,44)(H,39,48)(H,40,46)(H,41,47)/t27-,28-,29-,30-/m0/s1. The molecule has 0 aliphatic heterocycles. The summed E-state index contributed by atoms with van der Waals surface area (Å²) in [6, 6.07) is -4.54. The molecule has 0 fully saturated rings. The highest BCUT2D eigenvalue weighted by molar-refractivity contribution is 5.95. The van der Waals surface area contributed by atoms with E-state index < -0.39 is 61.0 Å². The summed E-state index contributed by atoms with van der Waals surface area (Å²) in [5.41, 5.74) is 5.62. The SMILES string of the molecule is CCCCCCCCCCCCCCCC(=O)N[C@@H](CO)C(=O)N[C@@H](CCCCN)C(=O)N[C@@H](CC(C)C)C(=O)N[C@@H](CO)C(=O)NC. The van der Waals surface area contributed by atoms with Crippen LogP contribution in [0.3, 0.4) is 0 Å². The van der Waals surface area contributed by atoms with Crippen LogP contribution >= 0.6 is 0 Å². The molecule has 0 radical (unpaired) electrons. The molecule has 0 rings (SSSR count). The minimum absolute atomic E-state index is 0.0113. The zero-order valence-electron chi connectivity index (χ0n) is 30.2. The van der Waals surface area contributed by atoms with Gasteiger partial charge in [0.05, 0.1) is 13.2 Å². The van der Waals surface area contributed by atoms with Crippen molar-refractivity contribution in [3.8, 4) is 0 Å². The average molecular weight is 685 g/mol. The highest BCUT2D eigenvalue weighted by Crippen LogP contribution is 2.13. The van der Waals surface area contributed by atoms with Crippen LogP contribution in [0.1, 0.15) is 136 Å². The minimum atomic E-state index is -1.24. The number of hydrogen-bond donors (Lipinski definition) is 8. The number of hydrogen-bond acceptors (Lipinski definition) is 8. The number of carbonyl (C=O) groups is 5. The normalized spacial score (nSPS) is 13.7. The number of carbonyl (C=O) groups excluding carboxylic acids is 5. The van der Waals surface area contributed by atoms with Crippen LogP contribution in [-0.2, 0) is 24.0 Å². The molecule has 0 bridgehead atoms. The molecule has 13 heteroatoms. The largest absolute Gasteiger partial charge is 0.394 e. The molecule has 280 valence electrons. The molecule has 0 unspecified atom stereocenters.